The standard InChI is InChI=1S/C20H24N2O3/c1-14-2-6-17(7-3-14)25-18-8-4-16(5-9-18)22-20(23)19(21)15-10-12-24-13-11-15/h2-9,15,19H,10-13,21H2,1H3,(H,22,23). The number of benzene rings is 2. The number of ether oxygens (including phenoxy) is 2. The van der Waals surface area contributed by atoms with Crippen molar-refractivity contribution in [3.05, 3.63) is 54.1 Å². The summed E-state index contributed by atoms with van der Waals surface area (Å²) >= 11 is 0. The molecule has 2 aromatic rings. The van der Waals surface area contributed by atoms with Crippen LogP contribution in [-0.4, -0.2) is 25.2 Å². The van der Waals surface area contributed by atoms with Crippen molar-refractivity contribution in [2.45, 2.75) is 25.8 Å². The average Bonchev–Trinajstić information content (AvgIpc) is 2.65. The number of nitrogens with two attached hydrogens (primary N) is 1. The van der Waals surface area contributed by atoms with Gasteiger partial charge in [-0.15, -0.1) is 0 Å². The van der Waals surface area contributed by atoms with Crippen LogP contribution < -0.4 is 15.8 Å². The monoisotopic (exact) mass is 340 g/mol. The second kappa shape index (κ2) is 8.14. The third-order valence-electron chi connectivity index (χ3n) is 4.46. The van der Waals surface area contributed by atoms with Crippen LogP contribution >= 0.6 is 0 Å². The Morgan fingerprint density at radius 1 is 1.08 bits per heavy atom. The lowest BCUT2D eigenvalue weighted by atomic mass is 9.92. The van der Waals surface area contributed by atoms with Crippen molar-refractivity contribution >= 4 is 11.6 Å². The van der Waals surface area contributed by atoms with Crippen molar-refractivity contribution in [2.75, 3.05) is 18.5 Å². The van der Waals surface area contributed by atoms with Crippen LogP contribution in [0.25, 0.3) is 0 Å². The van der Waals surface area contributed by atoms with Gasteiger partial charge >= 0.3 is 0 Å². The number of carbonyl (C=O) groups is 1. The van der Waals surface area contributed by atoms with Crippen molar-refractivity contribution in [1.29, 1.82) is 0 Å². The minimum Gasteiger partial charge on any atom is -0.457 e. The molecule has 0 aromatic heterocycles. The van der Waals surface area contributed by atoms with Gasteiger partial charge in [-0.1, -0.05) is 17.7 Å². The molecule has 3 rings (SSSR count). The SMILES string of the molecule is Cc1ccc(Oc2ccc(NC(=O)C(N)C3CCOCC3)cc2)cc1. The summed E-state index contributed by atoms with van der Waals surface area (Å²) < 4.78 is 11.1. The van der Waals surface area contributed by atoms with Crippen LogP contribution in [0.1, 0.15) is 18.4 Å². The molecule has 5 nitrogen and oxygen atoms in total. The lowest BCUT2D eigenvalue weighted by molar-refractivity contribution is -0.119. The zero-order valence-electron chi connectivity index (χ0n) is 14.4. The van der Waals surface area contributed by atoms with E-state index >= 15 is 0 Å². The summed E-state index contributed by atoms with van der Waals surface area (Å²) in [7, 11) is 0. The Morgan fingerprint density at radius 2 is 1.64 bits per heavy atom. The van der Waals surface area contributed by atoms with Gasteiger partial charge in [0.15, 0.2) is 0 Å². The van der Waals surface area contributed by atoms with Gasteiger partial charge < -0.3 is 20.5 Å². The molecule has 0 bridgehead atoms. The van der Waals surface area contributed by atoms with E-state index in [9.17, 15) is 4.79 Å². The molecule has 0 spiro atoms. The Kier molecular flexibility index (Phi) is 5.68. The van der Waals surface area contributed by atoms with Crippen molar-refractivity contribution in [1.82, 2.24) is 0 Å². The maximum atomic E-state index is 12.3. The first-order chi connectivity index (χ1) is 12.1. The van der Waals surface area contributed by atoms with Gasteiger partial charge in [0.1, 0.15) is 11.5 Å². The summed E-state index contributed by atoms with van der Waals surface area (Å²) in [6.45, 7) is 3.39. The van der Waals surface area contributed by atoms with E-state index in [0.717, 1.165) is 24.3 Å². The zero-order chi connectivity index (χ0) is 17.6. The first-order valence-electron chi connectivity index (χ1n) is 8.60. The third-order valence-corrected chi connectivity index (χ3v) is 4.46. The largest absolute Gasteiger partial charge is 0.457 e. The molecule has 132 valence electrons. The lowest BCUT2D eigenvalue weighted by Crippen LogP contribution is -2.43. The van der Waals surface area contributed by atoms with Gasteiger partial charge in [0.25, 0.3) is 0 Å². The number of carbonyl (C=O) groups excluding carboxylic acids is 1. The van der Waals surface area contributed by atoms with Crippen molar-refractivity contribution in [3.63, 3.8) is 0 Å². The fourth-order valence-corrected chi connectivity index (χ4v) is 2.86. The van der Waals surface area contributed by atoms with Crippen molar-refractivity contribution in [3.8, 4) is 11.5 Å². The van der Waals surface area contributed by atoms with Crippen LogP contribution in [0.15, 0.2) is 48.5 Å². The number of aryl methyl sites for hydroxylation is 1. The first kappa shape index (κ1) is 17.5. The highest BCUT2D eigenvalue weighted by Gasteiger charge is 2.26. The Hall–Kier alpha value is -2.37. The quantitative estimate of drug-likeness (QED) is 0.874. The van der Waals surface area contributed by atoms with Crippen LogP contribution in [0.5, 0.6) is 11.5 Å². The van der Waals surface area contributed by atoms with Crippen LogP contribution in [0.3, 0.4) is 0 Å². The summed E-state index contributed by atoms with van der Waals surface area (Å²) in [5.74, 6) is 1.52. The Labute approximate surface area is 148 Å². The number of hydrogen-bond acceptors (Lipinski definition) is 4. The molecule has 0 radical (unpaired) electrons. The zero-order valence-corrected chi connectivity index (χ0v) is 14.4. The number of nitrogens with one attached hydrogen (secondary N) is 1. The lowest BCUT2D eigenvalue weighted by Gasteiger charge is -2.26. The van der Waals surface area contributed by atoms with E-state index in [-0.39, 0.29) is 11.8 Å². The summed E-state index contributed by atoms with van der Waals surface area (Å²) in [4.78, 5) is 12.3. The Balaban J connectivity index is 1.56. The van der Waals surface area contributed by atoms with E-state index in [0.29, 0.717) is 18.9 Å². The molecule has 3 N–H and O–H groups in total. The minimum atomic E-state index is -0.507. The molecular formula is C20H24N2O3. The molecule has 1 amide bonds. The minimum absolute atomic E-state index is 0.154. The fourth-order valence-electron chi connectivity index (χ4n) is 2.86. The predicted molar refractivity (Wildman–Crippen MR) is 97.8 cm³/mol. The highest BCUT2D eigenvalue weighted by atomic mass is 16.5. The molecule has 1 unspecified atom stereocenters. The summed E-state index contributed by atoms with van der Waals surface area (Å²) in [5.41, 5.74) is 7.99. The first-order valence-corrected chi connectivity index (χ1v) is 8.60. The van der Waals surface area contributed by atoms with E-state index in [1.165, 1.54) is 5.56 Å². The van der Waals surface area contributed by atoms with E-state index in [2.05, 4.69) is 5.32 Å². The molecule has 1 saturated heterocycles. The van der Waals surface area contributed by atoms with Gasteiger partial charge in [0.05, 0.1) is 6.04 Å². The smallest absolute Gasteiger partial charge is 0.241 e. The second-order valence-electron chi connectivity index (χ2n) is 6.40. The second-order valence-corrected chi connectivity index (χ2v) is 6.40. The number of hydrogen-bond donors (Lipinski definition) is 2. The molecule has 1 fully saturated rings. The maximum absolute atomic E-state index is 12.3. The van der Waals surface area contributed by atoms with Gasteiger partial charge in [-0.25, -0.2) is 0 Å². The Morgan fingerprint density at radius 3 is 2.24 bits per heavy atom. The maximum Gasteiger partial charge on any atom is 0.241 e. The summed E-state index contributed by atoms with van der Waals surface area (Å²) in [5, 5.41) is 2.88. The summed E-state index contributed by atoms with van der Waals surface area (Å²) in [6.07, 6.45) is 1.66. The highest BCUT2D eigenvalue weighted by Crippen LogP contribution is 2.24. The van der Waals surface area contributed by atoms with Gasteiger partial charge in [-0.2, -0.15) is 0 Å². The van der Waals surface area contributed by atoms with Gasteiger partial charge in [0, 0.05) is 18.9 Å². The highest BCUT2D eigenvalue weighted by molar-refractivity contribution is 5.94. The van der Waals surface area contributed by atoms with Crippen molar-refractivity contribution in [2.24, 2.45) is 11.7 Å². The molecule has 0 saturated carbocycles. The number of anilines is 1. The molecule has 1 aliphatic rings. The van der Waals surface area contributed by atoms with Crippen LogP contribution in [0, 0.1) is 12.8 Å². The van der Waals surface area contributed by atoms with E-state index in [1.807, 2.05) is 55.5 Å². The third kappa shape index (κ3) is 4.81. The summed E-state index contributed by atoms with van der Waals surface area (Å²) in [6, 6.07) is 14.6. The van der Waals surface area contributed by atoms with Crippen LogP contribution in [0.4, 0.5) is 5.69 Å². The molecule has 1 atom stereocenters. The van der Waals surface area contributed by atoms with E-state index < -0.39 is 6.04 Å². The fraction of sp³-hybridized carbons (Fsp3) is 0.350. The predicted octanol–water partition coefficient (Wildman–Crippen LogP) is 3.48. The molecule has 25 heavy (non-hydrogen) atoms. The topological polar surface area (TPSA) is 73.6 Å². The van der Waals surface area contributed by atoms with Crippen LogP contribution in [0.2, 0.25) is 0 Å². The normalized spacial score (nSPS) is 16.2. The molecule has 5 heteroatoms. The van der Waals surface area contributed by atoms with Crippen molar-refractivity contribution < 1.29 is 14.3 Å². The molecule has 2 aromatic carbocycles. The van der Waals surface area contributed by atoms with E-state index in [4.69, 9.17) is 15.2 Å². The van der Waals surface area contributed by atoms with Gasteiger partial charge in [0.2, 0.25) is 5.91 Å². The average molecular weight is 340 g/mol. The molecular weight excluding hydrogens is 316 g/mol. The number of amides is 1. The van der Waals surface area contributed by atoms with E-state index in [1.54, 1.807) is 0 Å². The van der Waals surface area contributed by atoms with Gasteiger partial charge in [-0.05, 0) is 62.1 Å². The Bertz CT molecular complexity index is 692. The molecule has 0 aliphatic carbocycles. The number of rotatable bonds is 5. The van der Waals surface area contributed by atoms with Crippen LogP contribution in [-0.2, 0) is 9.53 Å². The molecule has 1 heterocycles. The molecule has 1 aliphatic heterocycles. The van der Waals surface area contributed by atoms with Gasteiger partial charge in [-0.3, -0.25) is 4.79 Å².